The van der Waals surface area contributed by atoms with Crippen molar-refractivity contribution in [3.63, 3.8) is 0 Å². The molecular weight excluding hydrogens is 308 g/mol. The second kappa shape index (κ2) is 8.93. The van der Waals surface area contributed by atoms with Crippen molar-refractivity contribution in [1.29, 1.82) is 0 Å². The van der Waals surface area contributed by atoms with Crippen LogP contribution in [0.4, 0.5) is 0 Å². The van der Waals surface area contributed by atoms with Crippen molar-refractivity contribution >= 4 is 5.78 Å². The largest absolute Gasteiger partial charge is 0.310 e. The van der Waals surface area contributed by atoms with Crippen molar-refractivity contribution < 1.29 is 4.79 Å². The maximum absolute atomic E-state index is 12.3. The number of ketones is 1. The van der Waals surface area contributed by atoms with Gasteiger partial charge in [0.25, 0.3) is 0 Å². The third-order valence-corrected chi connectivity index (χ3v) is 5.04. The molecule has 1 unspecified atom stereocenters. The van der Waals surface area contributed by atoms with E-state index in [1.54, 1.807) is 0 Å². The maximum atomic E-state index is 12.3. The van der Waals surface area contributed by atoms with E-state index >= 15 is 0 Å². The molecular formula is C22H28N2O. The summed E-state index contributed by atoms with van der Waals surface area (Å²) in [5.41, 5.74) is 2.60. The van der Waals surface area contributed by atoms with E-state index in [9.17, 15) is 4.79 Å². The van der Waals surface area contributed by atoms with Crippen LogP contribution in [0.2, 0.25) is 0 Å². The Morgan fingerprint density at radius 3 is 2.48 bits per heavy atom. The first kappa shape index (κ1) is 17.8. The molecule has 0 bridgehead atoms. The lowest BCUT2D eigenvalue weighted by molar-refractivity contribution is -0.120. The van der Waals surface area contributed by atoms with Crippen molar-refractivity contribution in [2.24, 2.45) is 5.92 Å². The van der Waals surface area contributed by atoms with Crippen LogP contribution in [-0.2, 0) is 11.3 Å². The van der Waals surface area contributed by atoms with Crippen LogP contribution < -0.4 is 5.32 Å². The summed E-state index contributed by atoms with van der Waals surface area (Å²) in [6.07, 6.45) is 2.03. The molecule has 1 aliphatic rings. The summed E-state index contributed by atoms with van der Waals surface area (Å²) in [5, 5.41) is 3.56. The van der Waals surface area contributed by atoms with Crippen molar-refractivity contribution in [3.8, 4) is 0 Å². The van der Waals surface area contributed by atoms with Gasteiger partial charge in [-0.3, -0.25) is 9.69 Å². The van der Waals surface area contributed by atoms with E-state index in [1.807, 2.05) is 12.1 Å². The summed E-state index contributed by atoms with van der Waals surface area (Å²) in [7, 11) is 0. The Bertz CT molecular complexity index is 656. The predicted octanol–water partition coefficient (Wildman–Crippen LogP) is 3.82. The number of rotatable bonds is 8. The second-order valence-electron chi connectivity index (χ2n) is 7.05. The van der Waals surface area contributed by atoms with Gasteiger partial charge in [-0.1, -0.05) is 60.7 Å². The molecule has 0 aliphatic carbocycles. The van der Waals surface area contributed by atoms with Crippen molar-refractivity contribution in [2.45, 2.75) is 32.4 Å². The summed E-state index contributed by atoms with van der Waals surface area (Å²) >= 11 is 0. The summed E-state index contributed by atoms with van der Waals surface area (Å²) in [6.45, 7) is 5.54. The fourth-order valence-electron chi connectivity index (χ4n) is 3.57. The minimum atomic E-state index is 0.206. The smallest absolute Gasteiger partial charge is 0.151 e. The Hall–Kier alpha value is -1.97. The van der Waals surface area contributed by atoms with Gasteiger partial charge in [-0.15, -0.1) is 0 Å². The molecule has 2 aromatic carbocycles. The lowest BCUT2D eigenvalue weighted by Gasteiger charge is -2.16. The van der Waals surface area contributed by atoms with Crippen LogP contribution in [0, 0.1) is 5.92 Å². The lowest BCUT2D eigenvalue weighted by atomic mass is 10.0. The summed E-state index contributed by atoms with van der Waals surface area (Å²) in [5.74, 6) is 0.615. The van der Waals surface area contributed by atoms with Gasteiger partial charge in [-0.25, -0.2) is 0 Å². The molecule has 1 fully saturated rings. The normalized spacial score (nSPS) is 19.2. The van der Waals surface area contributed by atoms with Crippen molar-refractivity contribution in [1.82, 2.24) is 10.2 Å². The van der Waals surface area contributed by atoms with E-state index in [2.05, 4.69) is 65.7 Å². The number of likely N-dealkylation sites (tertiary alicyclic amines) is 1. The van der Waals surface area contributed by atoms with Gasteiger partial charge >= 0.3 is 0 Å². The Kier molecular flexibility index (Phi) is 6.37. The topological polar surface area (TPSA) is 32.3 Å². The molecule has 0 radical (unpaired) electrons. The SMILES string of the molecule is C[C@@H](NCCCC1CN(Cc2ccccc2)CC1=O)c1ccccc1. The molecule has 132 valence electrons. The first-order valence-corrected chi connectivity index (χ1v) is 9.29. The zero-order valence-electron chi connectivity index (χ0n) is 15.0. The van der Waals surface area contributed by atoms with Crippen LogP contribution in [0.25, 0.3) is 0 Å². The maximum Gasteiger partial charge on any atom is 0.151 e. The number of carbonyl (C=O) groups excluding carboxylic acids is 1. The molecule has 2 atom stereocenters. The fraction of sp³-hybridized carbons (Fsp3) is 0.409. The van der Waals surface area contributed by atoms with Crippen LogP contribution in [0.1, 0.15) is 36.9 Å². The first-order chi connectivity index (χ1) is 12.2. The van der Waals surface area contributed by atoms with E-state index in [0.717, 1.165) is 32.5 Å². The van der Waals surface area contributed by atoms with Crippen LogP contribution in [0.5, 0.6) is 0 Å². The lowest BCUT2D eigenvalue weighted by Crippen LogP contribution is -2.22. The van der Waals surface area contributed by atoms with Gasteiger partial charge in [0.2, 0.25) is 0 Å². The highest BCUT2D eigenvalue weighted by Crippen LogP contribution is 2.20. The van der Waals surface area contributed by atoms with Crippen LogP contribution in [0.15, 0.2) is 60.7 Å². The Morgan fingerprint density at radius 2 is 1.76 bits per heavy atom. The standard InChI is InChI=1S/C22H28N2O/c1-18(20-11-6-3-7-12-20)23-14-8-13-21-16-24(17-22(21)25)15-19-9-4-2-5-10-19/h2-7,9-12,18,21,23H,8,13-17H2,1H3/t18-,21?/m1/s1. The van der Waals surface area contributed by atoms with Gasteiger partial charge in [0.1, 0.15) is 0 Å². The quantitative estimate of drug-likeness (QED) is 0.744. The molecule has 2 aromatic rings. The fourth-order valence-corrected chi connectivity index (χ4v) is 3.57. The molecule has 0 saturated carbocycles. The van der Waals surface area contributed by atoms with E-state index in [-0.39, 0.29) is 5.92 Å². The third-order valence-electron chi connectivity index (χ3n) is 5.04. The van der Waals surface area contributed by atoms with Crippen LogP contribution >= 0.6 is 0 Å². The highest BCUT2D eigenvalue weighted by atomic mass is 16.1. The van der Waals surface area contributed by atoms with Gasteiger partial charge in [0, 0.05) is 25.0 Å². The number of Topliss-reactive ketones (excluding diaryl/α,β-unsaturated/α-hetero) is 1. The molecule has 1 aliphatic heterocycles. The average Bonchev–Trinajstić information content (AvgIpc) is 2.99. The summed E-state index contributed by atoms with van der Waals surface area (Å²) in [4.78, 5) is 14.5. The number of carbonyl (C=O) groups is 1. The van der Waals surface area contributed by atoms with Crippen molar-refractivity contribution in [3.05, 3.63) is 71.8 Å². The highest BCUT2D eigenvalue weighted by Gasteiger charge is 2.29. The van der Waals surface area contributed by atoms with E-state index < -0.39 is 0 Å². The molecule has 1 heterocycles. The Labute approximate surface area is 151 Å². The summed E-state index contributed by atoms with van der Waals surface area (Å²) < 4.78 is 0. The molecule has 3 heteroatoms. The van der Waals surface area contributed by atoms with Gasteiger partial charge < -0.3 is 5.32 Å². The molecule has 3 rings (SSSR count). The number of benzene rings is 2. The molecule has 1 saturated heterocycles. The number of hydrogen-bond donors (Lipinski definition) is 1. The Morgan fingerprint density at radius 1 is 1.08 bits per heavy atom. The van der Waals surface area contributed by atoms with Crippen molar-refractivity contribution in [2.75, 3.05) is 19.6 Å². The third kappa shape index (κ3) is 5.25. The zero-order valence-corrected chi connectivity index (χ0v) is 15.0. The highest BCUT2D eigenvalue weighted by molar-refractivity contribution is 5.85. The number of nitrogens with one attached hydrogen (secondary N) is 1. The monoisotopic (exact) mass is 336 g/mol. The average molecular weight is 336 g/mol. The van der Waals surface area contributed by atoms with Gasteiger partial charge in [0.05, 0.1) is 6.54 Å². The molecule has 3 nitrogen and oxygen atoms in total. The number of hydrogen-bond acceptors (Lipinski definition) is 3. The second-order valence-corrected chi connectivity index (χ2v) is 7.05. The minimum absolute atomic E-state index is 0.206. The van der Waals surface area contributed by atoms with Crippen LogP contribution in [-0.4, -0.2) is 30.3 Å². The minimum Gasteiger partial charge on any atom is -0.310 e. The first-order valence-electron chi connectivity index (χ1n) is 9.29. The molecule has 0 aromatic heterocycles. The van der Waals surface area contributed by atoms with Crippen LogP contribution in [0.3, 0.4) is 0 Å². The molecule has 0 amide bonds. The van der Waals surface area contributed by atoms with Gasteiger partial charge in [0.15, 0.2) is 5.78 Å². The molecule has 0 spiro atoms. The Balaban J connectivity index is 1.38. The van der Waals surface area contributed by atoms with E-state index in [1.165, 1.54) is 11.1 Å². The van der Waals surface area contributed by atoms with Gasteiger partial charge in [-0.2, -0.15) is 0 Å². The van der Waals surface area contributed by atoms with Gasteiger partial charge in [-0.05, 0) is 37.4 Å². The van der Waals surface area contributed by atoms with E-state index in [4.69, 9.17) is 0 Å². The summed E-state index contributed by atoms with van der Waals surface area (Å²) in [6, 6.07) is 21.3. The number of nitrogens with zero attached hydrogens (tertiary/aromatic N) is 1. The predicted molar refractivity (Wildman–Crippen MR) is 102 cm³/mol. The molecule has 1 N–H and O–H groups in total. The molecule has 25 heavy (non-hydrogen) atoms. The zero-order chi connectivity index (χ0) is 17.5. The van der Waals surface area contributed by atoms with E-state index in [0.29, 0.717) is 18.4 Å².